The maximum atomic E-state index is 12.6. The summed E-state index contributed by atoms with van der Waals surface area (Å²) in [6.45, 7) is 1.83. The van der Waals surface area contributed by atoms with Crippen LogP contribution >= 0.6 is 0 Å². The normalized spacial score (nSPS) is 15.1. The lowest BCUT2D eigenvalue weighted by Crippen LogP contribution is -2.48. The third-order valence-corrected chi connectivity index (χ3v) is 5.01. The number of carbonyl (C=O) groups excluding carboxylic acids is 3. The smallest absolute Gasteiger partial charge is 0.341 e. The molecule has 3 amide bonds. The van der Waals surface area contributed by atoms with Crippen molar-refractivity contribution >= 4 is 23.6 Å². The molecule has 0 radical (unpaired) electrons. The molecule has 1 heterocycles. The number of imide groups is 1. The Hall–Kier alpha value is -3.29. The van der Waals surface area contributed by atoms with Gasteiger partial charge in [0, 0.05) is 11.7 Å². The summed E-state index contributed by atoms with van der Waals surface area (Å²) in [6, 6.07) is 9.95. The lowest BCUT2D eigenvalue weighted by atomic mass is 9.96. The van der Waals surface area contributed by atoms with Crippen molar-refractivity contribution in [3.05, 3.63) is 54.0 Å². The second kappa shape index (κ2) is 10.5. The van der Waals surface area contributed by atoms with Crippen molar-refractivity contribution in [2.45, 2.75) is 57.7 Å². The molecule has 3 N–H and O–H groups in total. The summed E-state index contributed by atoms with van der Waals surface area (Å²) in [6.07, 6.45) is 5.58. The number of rotatable bonds is 7. The zero-order valence-corrected chi connectivity index (χ0v) is 17.0. The first-order valence-electron chi connectivity index (χ1n) is 10.2. The lowest BCUT2D eigenvalue weighted by Gasteiger charge is -2.23. The van der Waals surface area contributed by atoms with Crippen LogP contribution in [0.5, 0.6) is 0 Å². The van der Waals surface area contributed by atoms with Gasteiger partial charge in [0.1, 0.15) is 5.76 Å². The molecule has 1 saturated carbocycles. The number of hydrogen-bond donors (Lipinski definition) is 3. The van der Waals surface area contributed by atoms with E-state index in [1.807, 2.05) is 6.07 Å². The number of esters is 1. The van der Waals surface area contributed by atoms with E-state index in [2.05, 4.69) is 16.0 Å². The molecule has 1 aliphatic carbocycles. The number of hydrogen-bond acceptors (Lipinski definition) is 6. The van der Waals surface area contributed by atoms with Gasteiger partial charge in [0.2, 0.25) is 0 Å². The number of benzene rings is 1. The molecule has 0 unspecified atom stereocenters. The van der Waals surface area contributed by atoms with Crippen LogP contribution in [0.3, 0.4) is 0 Å². The SMILES string of the molecule is C[C@H](OC(=O)c1ccccc1NCc1ccco1)C(=O)NC(=O)NC1CCCCC1. The lowest BCUT2D eigenvalue weighted by molar-refractivity contribution is -0.127. The van der Waals surface area contributed by atoms with Gasteiger partial charge in [-0.2, -0.15) is 0 Å². The molecule has 160 valence electrons. The molecule has 1 aromatic heterocycles. The Balaban J connectivity index is 1.51. The van der Waals surface area contributed by atoms with Crippen LogP contribution in [-0.2, 0) is 16.1 Å². The fraction of sp³-hybridized carbons (Fsp3) is 0.409. The summed E-state index contributed by atoms with van der Waals surface area (Å²) >= 11 is 0. The van der Waals surface area contributed by atoms with E-state index in [4.69, 9.17) is 9.15 Å². The predicted molar refractivity (Wildman–Crippen MR) is 111 cm³/mol. The average Bonchev–Trinajstić information content (AvgIpc) is 3.26. The summed E-state index contributed by atoms with van der Waals surface area (Å²) in [5.74, 6) is -0.611. The molecular formula is C22H27N3O5. The Morgan fingerprint density at radius 3 is 2.60 bits per heavy atom. The Morgan fingerprint density at radius 2 is 1.87 bits per heavy atom. The van der Waals surface area contributed by atoms with Crippen LogP contribution in [0.2, 0.25) is 0 Å². The molecule has 1 aromatic carbocycles. The van der Waals surface area contributed by atoms with Gasteiger partial charge in [0.05, 0.1) is 18.4 Å². The van der Waals surface area contributed by atoms with Crippen molar-refractivity contribution in [3.8, 4) is 0 Å². The van der Waals surface area contributed by atoms with Crippen LogP contribution in [-0.4, -0.2) is 30.1 Å². The molecule has 1 atom stereocenters. The number of para-hydroxylation sites is 1. The van der Waals surface area contributed by atoms with Gasteiger partial charge in [-0.25, -0.2) is 9.59 Å². The Labute approximate surface area is 175 Å². The summed E-state index contributed by atoms with van der Waals surface area (Å²) in [5, 5.41) is 8.16. The highest BCUT2D eigenvalue weighted by Gasteiger charge is 2.23. The molecule has 30 heavy (non-hydrogen) atoms. The van der Waals surface area contributed by atoms with E-state index in [1.165, 1.54) is 13.3 Å². The summed E-state index contributed by atoms with van der Waals surface area (Å²) in [5.41, 5.74) is 0.844. The van der Waals surface area contributed by atoms with Crippen molar-refractivity contribution in [3.63, 3.8) is 0 Å². The Bertz CT molecular complexity index is 859. The van der Waals surface area contributed by atoms with Gasteiger partial charge in [-0.15, -0.1) is 0 Å². The molecular weight excluding hydrogens is 386 g/mol. The van der Waals surface area contributed by atoms with Crippen molar-refractivity contribution in [1.29, 1.82) is 0 Å². The number of amides is 3. The van der Waals surface area contributed by atoms with Crippen molar-refractivity contribution in [2.24, 2.45) is 0 Å². The molecule has 0 aliphatic heterocycles. The Morgan fingerprint density at radius 1 is 1.10 bits per heavy atom. The third kappa shape index (κ3) is 6.10. The largest absolute Gasteiger partial charge is 0.467 e. The van der Waals surface area contributed by atoms with Crippen LogP contribution in [0.1, 0.15) is 55.1 Å². The first-order valence-corrected chi connectivity index (χ1v) is 10.2. The number of carbonyl (C=O) groups is 3. The number of ether oxygens (including phenoxy) is 1. The van der Waals surface area contributed by atoms with Crippen LogP contribution in [0.25, 0.3) is 0 Å². The minimum atomic E-state index is -1.12. The van der Waals surface area contributed by atoms with Gasteiger partial charge < -0.3 is 19.8 Å². The molecule has 8 heteroatoms. The van der Waals surface area contributed by atoms with Crippen molar-refractivity contribution in [2.75, 3.05) is 5.32 Å². The van der Waals surface area contributed by atoms with Gasteiger partial charge in [-0.3, -0.25) is 10.1 Å². The molecule has 3 rings (SSSR count). The first kappa shape index (κ1) is 21.4. The third-order valence-electron chi connectivity index (χ3n) is 5.01. The highest BCUT2D eigenvalue weighted by atomic mass is 16.5. The van der Waals surface area contributed by atoms with Gasteiger partial charge in [0.15, 0.2) is 6.10 Å². The topological polar surface area (TPSA) is 110 Å². The monoisotopic (exact) mass is 413 g/mol. The molecule has 1 aliphatic rings. The second-order valence-electron chi connectivity index (χ2n) is 7.32. The average molecular weight is 413 g/mol. The van der Waals surface area contributed by atoms with Gasteiger partial charge >= 0.3 is 12.0 Å². The minimum Gasteiger partial charge on any atom is -0.467 e. The van der Waals surface area contributed by atoms with Crippen LogP contribution < -0.4 is 16.0 Å². The quantitative estimate of drug-likeness (QED) is 0.599. The molecule has 0 saturated heterocycles. The zero-order valence-electron chi connectivity index (χ0n) is 17.0. The molecule has 2 aromatic rings. The van der Waals surface area contributed by atoms with E-state index in [0.717, 1.165) is 31.4 Å². The minimum absolute atomic E-state index is 0.0801. The summed E-state index contributed by atoms with van der Waals surface area (Å²) < 4.78 is 10.5. The summed E-state index contributed by atoms with van der Waals surface area (Å²) in [7, 11) is 0. The van der Waals surface area contributed by atoms with Crippen molar-refractivity contribution in [1.82, 2.24) is 10.6 Å². The standard InChI is InChI=1S/C22H27N3O5/c1-15(20(26)25-22(28)24-16-8-3-2-4-9-16)30-21(27)18-11-5-6-12-19(18)23-14-17-10-7-13-29-17/h5-7,10-13,15-16,23H,2-4,8-9,14H2,1H3,(H2,24,25,26,28)/t15-/m0/s1. The van der Waals surface area contributed by atoms with E-state index in [9.17, 15) is 14.4 Å². The van der Waals surface area contributed by atoms with E-state index >= 15 is 0 Å². The van der Waals surface area contributed by atoms with Crippen LogP contribution in [0, 0.1) is 0 Å². The van der Waals surface area contributed by atoms with E-state index in [0.29, 0.717) is 12.2 Å². The maximum Gasteiger partial charge on any atom is 0.341 e. The molecule has 0 bridgehead atoms. The van der Waals surface area contributed by atoms with Gasteiger partial charge in [-0.05, 0) is 44.0 Å². The number of anilines is 1. The fourth-order valence-corrected chi connectivity index (χ4v) is 3.37. The van der Waals surface area contributed by atoms with Crippen LogP contribution in [0.15, 0.2) is 47.1 Å². The van der Waals surface area contributed by atoms with E-state index in [1.54, 1.807) is 36.6 Å². The molecule has 8 nitrogen and oxygen atoms in total. The van der Waals surface area contributed by atoms with Crippen LogP contribution in [0.4, 0.5) is 10.5 Å². The fourth-order valence-electron chi connectivity index (χ4n) is 3.37. The second-order valence-corrected chi connectivity index (χ2v) is 7.32. The Kier molecular flexibility index (Phi) is 7.48. The first-order chi connectivity index (χ1) is 14.5. The zero-order chi connectivity index (χ0) is 21.3. The van der Waals surface area contributed by atoms with Crippen molar-refractivity contribution < 1.29 is 23.5 Å². The molecule has 1 fully saturated rings. The highest BCUT2D eigenvalue weighted by molar-refractivity contribution is 6.00. The number of furan rings is 1. The highest BCUT2D eigenvalue weighted by Crippen LogP contribution is 2.19. The number of nitrogens with one attached hydrogen (secondary N) is 3. The number of urea groups is 1. The maximum absolute atomic E-state index is 12.6. The summed E-state index contributed by atoms with van der Waals surface area (Å²) in [4.78, 5) is 36.9. The van der Waals surface area contributed by atoms with Gasteiger partial charge in [0.25, 0.3) is 5.91 Å². The van der Waals surface area contributed by atoms with E-state index < -0.39 is 24.0 Å². The van der Waals surface area contributed by atoms with Gasteiger partial charge in [-0.1, -0.05) is 31.4 Å². The molecule has 0 spiro atoms. The predicted octanol–water partition coefficient (Wildman–Crippen LogP) is 3.60. The van der Waals surface area contributed by atoms with E-state index in [-0.39, 0.29) is 11.6 Å².